The molecule has 0 bridgehead atoms. The molecule has 0 saturated carbocycles. The minimum absolute atomic E-state index is 0.0406. The Morgan fingerprint density at radius 1 is 1.21 bits per heavy atom. The molecule has 6 nitrogen and oxygen atoms in total. The normalized spacial score (nSPS) is 10.8. The molecule has 0 aliphatic rings. The Morgan fingerprint density at radius 2 is 1.83 bits per heavy atom. The fourth-order valence-electron chi connectivity index (χ4n) is 2.09. The van der Waals surface area contributed by atoms with Crippen LogP contribution in [-0.4, -0.2) is 19.1 Å². The lowest BCUT2D eigenvalue weighted by molar-refractivity contribution is -0.384. The molecule has 2 rings (SSSR count). The van der Waals surface area contributed by atoms with Gasteiger partial charge in [0, 0.05) is 23.8 Å². The Morgan fingerprint density at radius 3 is 2.33 bits per heavy atom. The van der Waals surface area contributed by atoms with E-state index in [1.165, 1.54) is 38.5 Å². The van der Waals surface area contributed by atoms with Gasteiger partial charge in [-0.05, 0) is 29.8 Å². The van der Waals surface area contributed by atoms with E-state index in [0.29, 0.717) is 33.2 Å². The Labute approximate surface area is 143 Å². The third-order valence-corrected chi connectivity index (χ3v) is 3.61. The zero-order chi connectivity index (χ0) is 17.7. The molecule has 0 aromatic heterocycles. The standard InChI is InChI=1S/C17H13ClN2O4/c1-23-16-9-17(24-2)15(18)8-12(16)7-13(10-19)11-3-5-14(6-4-11)20(21)22/h3-9H,1-2H3/b13-7+. The molecular weight excluding hydrogens is 332 g/mol. The Kier molecular flexibility index (Phi) is 5.40. The van der Waals surface area contributed by atoms with Crippen LogP contribution in [0.4, 0.5) is 5.69 Å². The number of halogens is 1. The van der Waals surface area contributed by atoms with Crippen molar-refractivity contribution in [1.82, 2.24) is 0 Å². The van der Waals surface area contributed by atoms with Crippen LogP contribution in [0.1, 0.15) is 11.1 Å². The van der Waals surface area contributed by atoms with Crippen molar-refractivity contribution < 1.29 is 14.4 Å². The summed E-state index contributed by atoms with van der Waals surface area (Å²) in [6, 6.07) is 11.1. The minimum atomic E-state index is -0.494. The van der Waals surface area contributed by atoms with E-state index < -0.39 is 4.92 Å². The molecule has 0 atom stereocenters. The second-order valence-electron chi connectivity index (χ2n) is 4.70. The first-order chi connectivity index (χ1) is 11.5. The van der Waals surface area contributed by atoms with Gasteiger partial charge in [0.1, 0.15) is 11.5 Å². The van der Waals surface area contributed by atoms with Crippen LogP contribution in [0.25, 0.3) is 11.6 Å². The smallest absolute Gasteiger partial charge is 0.269 e. The topological polar surface area (TPSA) is 85.4 Å². The molecule has 24 heavy (non-hydrogen) atoms. The summed E-state index contributed by atoms with van der Waals surface area (Å²) in [7, 11) is 2.99. The van der Waals surface area contributed by atoms with Crippen LogP contribution in [0.15, 0.2) is 36.4 Å². The van der Waals surface area contributed by atoms with Crippen LogP contribution in [-0.2, 0) is 0 Å². The van der Waals surface area contributed by atoms with E-state index in [2.05, 4.69) is 6.07 Å². The lowest BCUT2D eigenvalue weighted by Gasteiger charge is -2.10. The summed E-state index contributed by atoms with van der Waals surface area (Å²) in [4.78, 5) is 10.2. The molecule has 0 fully saturated rings. The van der Waals surface area contributed by atoms with Gasteiger partial charge in [-0.3, -0.25) is 10.1 Å². The molecule has 0 heterocycles. The molecule has 0 amide bonds. The summed E-state index contributed by atoms with van der Waals surface area (Å²) in [6.07, 6.45) is 1.60. The van der Waals surface area contributed by atoms with E-state index >= 15 is 0 Å². The van der Waals surface area contributed by atoms with Crippen LogP contribution in [0.5, 0.6) is 11.5 Å². The molecule has 0 aliphatic heterocycles. The SMILES string of the molecule is COc1cc(OC)c(/C=C(\C#N)c2ccc([N+](=O)[O-])cc2)cc1Cl. The molecular formula is C17H13ClN2O4. The van der Waals surface area contributed by atoms with Crippen molar-refractivity contribution in [2.24, 2.45) is 0 Å². The fraction of sp³-hybridized carbons (Fsp3) is 0.118. The maximum absolute atomic E-state index is 10.7. The summed E-state index contributed by atoms with van der Waals surface area (Å²) in [5, 5.41) is 20.5. The number of methoxy groups -OCH3 is 2. The predicted octanol–water partition coefficient (Wildman–Crippen LogP) is 4.33. The van der Waals surface area contributed by atoms with Crippen molar-refractivity contribution in [1.29, 1.82) is 5.26 Å². The van der Waals surface area contributed by atoms with Gasteiger partial charge in [-0.1, -0.05) is 11.6 Å². The van der Waals surface area contributed by atoms with Crippen molar-refractivity contribution in [2.45, 2.75) is 0 Å². The summed E-state index contributed by atoms with van der Waals surface area (Å²) < 4.78 is 10.4. The fourth-order valence-corrected chi connectivity index (χ4v) is 2.34. The number of ether oxygens (including phenoxy) is 2. The number of benzene rings is 2. The first-order valence-corrected chi connectivity index (χ1v) is 7.16. The summed E-state index contributed by atoms with van der Waals surface area (Å²) >= 11 is 6.12. The molecule has 0 spiro atoms. The van der Waals surface area contributed by atoms with Gasteiger partial charge >= 0.3 is 0 Å². The third kappa shape index (κ3) is 3.65. The van der Waals surface area contributed by atoms with Crippen LogP contribution in [0.2, 0.25) is 5.02 Å². The van der Waals surface area contributed by atoms with Crippen LogP contribution >= 0.6 is 11.6 Å². The molecule has 122 valence electrons. The second kappa shape index (κ2) is 7.49. The lowest BCUT2D eigenvalue weighted by atomic mass is 10.0. The predicted molar refractivity (Wildman–Crippen MR) is 91.1 cm³/mol. The van der Waals surface area contributed by atoms with Crippen LogP contribution < -0.4 is 9.47 Å². The number of nitriles is 1. The number of hydrogen-bond acceptors (Lipinski definition) is 5. The van der Waals surface area contributed by atoms with Gasteiger partial charge in [0.2, 0.25) is 0 Å². The van der Waals surface area contributed by atoms with E-state index in [4.69, 9.17) is 21.1 Å². The number of nitro benzene ring substituents is 1. The summed E-state index contributed by atoms with van der Waals surface area (Å²) in [5.74, 6) is 0.949. The molecule has 0 unspecified atom stereocenters. The van der Waals surface area contributed by atoms with Gasteiger partial charge in [0.15, 0.2) is 0 Å². The number of rotatable bonds is 5. The lowest BCUT2D eigenvalue weighted by Crippen LogP contribution is -1.92. The highest BCUT2D eigenvalue weighted by Crippen LogP contribution is 2.34. The van der Waals surface area contributed by atoms with Gasteiger partial charge in [-0.2, -0.15) is 5.26 Å². The molecule has 2 aromatic rings. The van der Waals surface area contributed by atoms with Gasteiger partial charge in [0.25, 0.3) is 5.69 Å². The van der Waals surface area contributed by atoms with Crippen LogP contribution in [0.3, 0.4) is 0 Å². The number of nitrogens with zero attached hydrogens (tertiary/aromatic N) is 2. The van der Waals surface area contributed by atoms with E-state index in [0.717, 1.165) is 0 Å². The second-order valence-corrected chi connectivity index (χ2v) is 5.11. The summed E-state index contributed by atoms with van der Waals surface area (Å²) in [6.45, 7) is 0. The highest BCUT2D eigenvalue weighted by atomic mass is 35.5. The Balaban J connectivity index is 2.49. The number of non-ortho nitro benzene ring substituents is 1. The first kappa shape index (κ1) is 17.3. The Bertz CT molecular complexity index is 839. The van der Waals surface area contributed by atoms with E-state index in [1.54, 1.807) is 18.2 Å². The average molecular weight is 345 g/mol. The van der Waals surface area contributed by atoms with E-state index in [-0.39, 0.29) is 5.69 Å². The molecule has 0 N–H and O–H groups in total. The zero-order valence-electron chi connectivity index (χ0n) is 12.9. The molecule has 2 aromatic carbocycles. The van der Waals surface area contributed by atoms with Gasteiger partial charge in [-0.25, -0.2) is 0 Å². The van der Waals surface area contributed by atoms with Crippen molar-refractivity contribution in [2.75, 3.05) is 14.2 Å². The van der Waals surface area contributed by atoms with E-state index in [9.17, 15) is 15.4 Å². The molecule has 0 saturated heterocycles. The van der Waals surface area contributed by atoms with Crippen LogP contribution in [0, 0.1) is 21.4 Å². The first-order valence-electron chi connectivity index (χ1n) is 6.78. The van der Waals surface area contributed by atoms with Gasteiger partial charge in [0.05, 0.1) is 35.8 Å². The Hall–Kier alpha value is -3.04. The monoisotopic (exact) mass is 344 g/mol. The van der Waals surface area contributed by atoms with Gasteiger partial charge < -0.3 is 9.47 Å². The molecule has 7 heteroatoms. The number of nitro groups is 1. The number of allylic oxidation sites excluding steroid dienone is 1. The van der Waals surface area contributed by atoms with Crippen molar-refractivity contribution >= 4 is 28.9 Å². The van der Waals surface area contributed by atoms with Crippen molar-refractivity contribution in [3.8, 4) is 17.6 Å². The van der Waals surface area contributed by atoms with Crippen molar-refractivity contribution in [3.05, 3.63) is 62.7 Å². The maximum atomic E-state index is 10.7. The average Bonchev–Trinajstić information content (AvgIpc) is 2.59. The zero-order valence-corrected chi connectivity index (χ0v) is 13.7. The number of hydrogen-bond donors (Lipinski definition) is 0. The summed E-state index contributed by atoms with van der Waals surface area (Å²) in [5.41, 5.74) is 1.43. The van der Waals surface area contributed by atoms with E-state index in [1.807, 2.05) is 0 Å². The quantitative estimate of drug-likeness (QED) is 0.349. The van der Waals surface area contributed by atoms with Gasteiger partial charge in [-0.15, -0.1) is 0 Å². The third-order valence-electron chi connectivity index (χ3n) is 3.31. The highest BCUT2D eigenvalue weighted by molar-refractivity contribution is 6.32. The molecule has 0 aliphatic carbocycles. The molecule has 0 radical (unpaired) electrons. The largest absolute Gasteiger partial charge is 0.496 e. The minimum Gasteiger partial charge on any atom is -0.496 e. The van der Waals surface area contributed by atoms with Crippen molar-refractivity contribution in [3.63, 3.8) is 0 Å². The highest BCUT2D eigenvalue weighted by Gasteiger charge is 2.11. The maximum Gasteiger partial charge on any atom is 0.269 e.